The van der Waals surface area contributed by atoms with Crippen LogP contribution in [-0.2, 0) is 4.79 Å². The van der Waals surface area contributed by atoms with Crippen LogP contribution >= 0.6 is 0 Å². The van der Waals surface area contributed by atoms with Crippen LogP contribution in [0.4, 0.5) is 0 Å². The number of carbonyl (C=O) groups excluding carboxylic acids is 1. The molecule has 0 saturated heterocycles. The van der Waals surface area contributed by atoms with Gasteiger partial charge in [-0.3, -0.25) is 4.79 Å². The molecule has 0 bridgehead atoms. The van der Waals surface area contributed by atoms with E-state index >= 15 is 0 Å². The first kappa shape index (κ1) is 11.5. The van der Waals surface area contributed by atoms with Crippen LogP contribution in [0.3, 0.4) is 0 Å². The second kappa shape index (κ2) is 5.98. The Morgan fingerprint density at radius 2 is 2.29 bits per heavy atom. The van der Waals surface area contributed by atoms with Gasteiger partial charge in [-0.1, -0.05) is 6.92 Å². The molecule has 0 aromatic carbocycles. The van der Waals surface area contributed by atoms with Gasteiger partial charge in [-0.15, -0.1) is 0 Å². The Balaban J connectivity index is 1.89. The minimum absolute atomic E-state index is 0.136. The Hall–Kier alpha value is -0.610. The highest BCUT2D eigenvalue weighted by atomic mass is 16.3. The summed E-state index contributed by atoms with van der Waals surface area (Å²) in [6, 6.07) is 0.457. The van der Waals surface area contributed by atoms with Crippen LogP contribution in [0.25, 0.3) is 0 Å². The lowest BCUT2D eigenvalue weighted by Gasteiger charge is -2.09. The molecule has 4 nitrogen and oxygen atoms in total. The molecule has 4 heteroatoms. The topological polar surface area (TPSA) is 61.4 Å². The summed E-state index contributed by atoms with van der Waals surface area (Å²) in [6.45, 7) is 3.63. The lowest BCUT2D eigenvalue weighted by atomic mass is 10.2. The summed E-state index contributed by atoms with van der Waals surface area (Å²) in [4.78, 5) is 11.2. The summed E-state index contributed by atoms with van der Waals surface area (Å²) in [6.07, 6.45) is 2.82. The van der Waals surface area contributed by atoms with E-state index in [0.717, 1.165) is 19.4 Å². The Bertz CT molecular complexity index is 181. The summed E-state index contributed by atoms with van der Waals surface area (Å²) in [5, 5.41) is 14.8. The van der Waals surface area contributed by atoms with E-state index in [0.29, 0.717) is 19.0 Å². The molecule has 1 saturated carbocycles. The number of aliphatic hydroxyl groups is 1. The Kier molecular flexibility index (Phi) is 4.90. The van der Waals surface area contributed by atoms with Crippen molar-refractivity contribution < 1.29 is 9.90 Å². The molecule has 0 aromatic heterocycles. The summed E-state index contributed by atoms with van der Waals surface area (Å²) >= 11 is 0. The van der Waals surface area contributed by atoms with Crippen molar-refractivity contribution in [3.05, 3.63) is 0 Å². The predicted octanol–water partition coefficient (Wildman–Crippen LogP) is -0.127. The largest absolute Gasteiger partial charge is 0.396 e. The third kappa shape index (κ3) is 5.19. The van der Waals surface area contributed by atoms with Gasteiger partial charge in [0.15, 0.2) is 0 Å². The quantitative estimate of drug-likeness (QED) is 0.502. The maximum atomic E-state index is 11.2. The number of aliphatic hydroxyl groups excluding tert-OH is 1. The van der Waals surface area contributed by atoms with Gasteiger partial charge in [-0.25, -0.2) is 0 Å². The highest BCUT2D eigenvalue weighted by Gasteiger charge is 2.22. The average Bonchev–Trinajstić information content (AvgIpc) is 2.95. The van der Waals surface area contributed by atoms with Gasteiger partial charge < -0.3 is 15.7 Å². The smallest absolute Gasteiger partial charge is 0.221 e. The van der Waals surface area contributed by atoms with Gasteiger partial charge in [-0.2, -0.15) is 0 Å². The van der Waals surface area contributed by atoms with Crippen LogP contribution in [0, 0.1) is 5.92 Å². The molecule has 3 N–H and O–H groups in total. The van der Waals surface area contributed by atoms with Crippen molar-refractivity contribution in [3.63, 3.8) is 0 Å². The molecule has 0 aromatic rings. The van der Waals surface area contributed by atoms with Crippen molar-refractivity contribution in [1.29, 1.82) is 0 Å². The van der Waals surface area contributed by atoms with Crippen molar-refractivity contribution in [2.75, 3.05) is 19.7 Å². The second-order valence-corrected chi connectivity index (χ2v) is 4.08. The van der Waals surface area contributed by atoms with Crippen LogP contribution in [0.15, 0.2) is 0 Å². The molecule has 1 atom stereocenters. The number of carbonyl (C=O) groups is 1. The molecular formula is C10H20N2O2. The van der Waals surface area contributed by atoms with Gasteiger partial charge in [0.25, 0.3) is 0 Å². The first-order valence-electron chi connectivity index (χ1n) is 5.33. The lowest BCUT2D eigenvalue weighted by Crippen LogP contribution is -2.31. The fourth-order valence-electron chi connectivity index (χ4n) is 1.14. The molecule has 0 radical (unpaired) electrons. The molecule has 1 rings (SSSR count). The fraction of sp³-hybridized carbons (Fsp3) is 0.900. The van der Waals surface area contributed by atoms with Crippen molar-refractivity contribution in [2.45, 2.75) is 32.2 Å². The molecular weight excluding hydrogens is 180 g/mol. The minimum Gasteiger partial charge on any atom is -0.396 e. The van der Waals surface area contributed by atoms with Crippen molar-refractivity contribution in [1.82, 2.24) is 10.6 Å². The number of rotatable bonds is 7. The summed E-state index contributed by atoms with van der Waals surface area (Å²) in [5.41, 5.74) is 0. The number of amides is 1. The Morgan fingerprint density at radius 3 is 2.86 bits per heavy atom. The first-order valence-corrected chi connectivity index (χ1v) is 5.33. The molecule has 1 fully saturated rings. The van der Waals surface area contributed by atoms with E-state index in [1.807, 2.05) is 6.92 Å². The zero-order valence-corrected chi connectivity index (χ0v) is 8.75. The van der Waals surface area contributed by atoms with Gasteiger partial charge in [0.05, 0.1) is 0 Å². The molecule has 1 unspecified atom stereocenters. The number of nitrogens with one attached hydrogen (secondary N) is 2. The van der Waals surface area contributed by atoms with Crippen molar-refractivity contribution >= 4 is 5.91 Å². The molecule has 0 spiro atoms. The molecule has 82 valence electrons. The standard InChI is InChI=1S/C10H20N2O2/c1-8(7-13)6-11-5-4-10(14)12-9-2-3-9/h8-9,11,13H,2-7H2,1H3,(H,12,14). The molecule has 0 heterocycles. The van der Waals surface area contributed by atoms with E-state index in [4.69, 9.17) is 5.11 Å². The Morgan fingerprint density at radius 1 is 1.57 bits per heavy atom. The van der Waals surface area contributed by atoms with Gasteiger partial charge >= 0.3 is 0 Å². The van der Waals surface area contributed by atoms with Gasteiger partial charge in [-0.05, 0) is 25.3 Å². The summed E-state index contributed by atoms with van der Waals surface area (Å²) < 4.78 is 0. The van der Waals surface area contributed by atoms with E-state index in [-0.39, 0.29) is 18.4 Å². The predicted molar refractivity (Wildman–Crippen MR) is 54.9 cm³/mol. The van der Waals surface area contributed by atoms with Gasteiger partial charge in [0, 0.05) is 25.6 Å². The maximum absolute atomic E-state index is 11.2. The summed E-state index contributed by atoms with van der Waals surface area (Å²) in [7, 11) is 0. The Labute approximate surface area is 85.1 Å². The summed E-state index contributed by atoms with van der Waals surface area (Å²) in [5.74, 6) is 0.401. The third-order valence-corrected chi connectivity index (χ3v) is 2.28. The maximum Gasteiger partial charge on any atom is 0.221 e. The normalized spacial score (nSPS) is 17.9. The number of hydrogen-bond donors (Lipinski definition) is 3. The van der Waals surface area contributed by atoms with Crippen LogP contribution in [0.1, 0.15) is 26.2 Å². The van der Waals surface area contributed by atoms with Gasteiger partial charge in [0.1, 0.15) is 0 Å². The zero-order chi connectivity index (χ0) is 10.4. The molecule has 1 aliphatic carbocycles. The fourth-order valence-corrected chi connectivity index (χ4v) is 1.14. The monoisotopic (exact) mass is 200 g/mol. The lowest BCUT2D eigenvalue weighted by molar-refractivity contribution is -0.121. The molecule has 1 amide bonds. The molecule has 14 heavy (non-hydrogen) atoms. The highest BCUT2D eigenvalue weighted by Crippen LogP contribution is 2.18. The third-order valence-electron chi connectivity index (χ3n) is 2.28. The van der Waals surface area contributed by atoms with E-state index in [1.54, 1.807) is 0 Å². The molecule has 0 aliphatic heterocycles. The average molecular weight is 200 g/mol. The van der Waals surface area contributed by atoms with E-state index in [9.17, 15) is 4.79 Å². The van der Waals surface area contributed by atoms with Crippen molar-refractivity contribution in [3.8, 4) is 0 Å². The minimum atomic E-state index is 0.136. The second-order valence-electron chi connectivity index (χ2n) is 4.08. The van der Waals surface area contributed by atoms with Crippen LogP contribution in [0.5, 0.6) is 0 Å². The van der Waals surface area contributed by atoms with Gasteiger partial charge in [0.2, 0.25) is 5.91 Å². The first-order chi connectivity index (χ1) is 6.72. The zero-order valence-electron chi connectivity index (χ0n) is 8.75. The van der Waals surface area contributed by atoms with E-state index < -0.39 is 0 Å². The SMILES string of the molecule is CC(CO)CNCCC(=O)NC1CC1. The molecule has 1 aliphatic rings. The highest BCUT2D eigenvalue weighted by molar-refractivity contribution is 5.76. The van der Waals surface area contributed by atoms with E-state index in [1.165, 1.54) is 0 Å². The van der Waals surface area contributed by atoms with E-state index in [2.05, 4.69) is 10.6 Å². The van der Waals surface area contributed by atoms with Crippen molar-refractivity contribution in [2.24, 2.45) is 5.92 Å². The van der Waals surface area contributed by atoms with Crippen LogP contribution in [-0.4, -0.2) is 36.8 Å². The van der Waals surface area contributed by atoms with Crippen LogP contribution < -0.4 is 10.6 Å². The number of hydrogen-bond acceptors (Lipinski definition) is 3. The van der Waals surface area contributed by atoms with Crippen LogP contribution in [0.2, 0.25) is 0 Å².